The first-order valence-electron chi connectivity index (χ1n) is 5.85. The van der Waals surface area contributed by atoms with Crippen molar-refractivity contribution in [1.29, 1.82) is 0 Å². The van der Waals surface area contributed by atoms with Gasteiger partial charge in [-0.1, -0.05) is 12.1 Å². The molecule has 0 aliphatic carbocycles. The van der Waals surface area contributed by atoms with Crippen molar-refractivity contribution in [3.8, 4) is 22.6 Å². The van der Waals surface area contributed by atoms with Crippen molar-refractivity contribution < 1.29 is 35.8 Å². The monoisotopic (exact) mass is 322 g/mol. The van der Waals surface area contributed by atoms with E-state index in [1.54, 1.807) is 0 Å². The van der Waals surface area contributed by atoms with Crippen LogP contribution in [0.1, 0.15) is 0 Å². The quantitative estimate of drug-likeness (QED) is 0.738. The van der Waals surface area contributed by atoms with Gasteiger partial charge < -0.3 is 9.47 Å². The van der Waals surface area contributed by atoms with E-state index in [0.29, 0.717) is 0 Å². The summed E-state index contributed by atoms with van der Waals surface area (Å²) in [5.41, 5.74) is 0.100. The zero-order valence-electron chi connectivity index (χ0n) is 10.7. The number of halogens is 6. The first-order valence-corrected chi connectivity index (χ1v) is 5.85. The molecule has 0 aliphatic heterocycles. The van der Waals surface area contributed by atoms with Crippen LogP contribution in [0.3, 0.4) is 0 Å². The Morgan fingerprint density at radius 3 is 2.00 bits per heavy atom. The minimum Gasteiger partial charge on any atom is -0.435 e. The van der Waals surface area contributed by atoms with Gasteiger partial charge in [-0.3, -0.25) is 0 Å². The smallest absolute Gasteiger partial charge is 0.435 e. The van der Waals surface area contributed by atoms with Crippen LogP contribution < -0.4 is 9.47 Å². The average Bonchev–Trinajstić information content (AvgIpc) is 2.40. The molecule has 8 heteroatoms. The van der Waals surface area contributed by atoms with Gasteiger partial charge in [0.1, 0.15) is 17.3 Å². The Balaban J connectivity index is 2.27. The normalized spacial score (nSPS) is 11.6. The predicted octanol–water partition coefficient (Wildman–Crippen LogP) is 4.99. The molecule has 0 unspecified atom stereocenters. The van der Waals surface area contributed by atoms with Crippen LogP contribution in [-0.2, 0) is 0 Å². The largest absolute Gasteiger partial charge is 0.573 e. The van der Waals surface area contributed by atoms with Crippen molar-refractivity contribution in [2.24, 2.45) is 0 Å². The maximum atomic E-state index is 13.7. The molecule has 2 rings (SSSR count). The zero-order chi connectivity index (χ0) is 16.3. The van der Waals surface area contributed by atoms with Gasteiger partial charge in [0.05, 0.1) is 0 Å². The average molecular weight is 322 g/mol. The molecule has 0 fully saturated rings. The van der Waals surface area contributed by atoms with E-state index in [4.69, 9.17) is 0 Å². The summed E-state index contributed by atoms with van der Waals surface area (Å²) in [7, 11) is 0. The molecule has 0 heterocycles. The number of alkyl halides is 5. The third-order valence-corrected chi connectivity index (χ3v) is 2.56. The summed E-state index contributed by atoms with van der Waals surface area (Å²) in [5.74, 6) is -1.47. The third-order valence-electron chi connectivity index (χ3n) is 2.56. The SMILES string of the molecule is Fc1ccc(OC(F)F)cc1-c1ccc(OC(F)(F)F)cc1. The molecule has 0 N–H and O–H groups in total. The Bertz CT molecular complexity index is 637. The van der Waals surface area contributed by atoms with Crippen molar-refractivity contribution in [3.63, 3.8) is 0 Å². The Hall–Kier alpha value is -2.38. The van der Waals surface area contributed by atoms with Crippen LogP contribution in [0.2, 0.25) is 0 Å². The molecule has 0 radical (unpaired) electrons. The van der Waals surface area contributed by atoms with E-state index in [1.807, 2.05) is 0 Å². The molecule has 2 nitrogen and oxygen atoms in total. The van der Waals surface area contributed by atoms with E-state index in [-0.39, 0.29) is 16.9 Å². The van der Waals surface area contributed by atoms with Crippen LogP contribution in [0.4, 0.5) is 26.3 Å². The lowest BCUT2D eigenvalue weighted by Crippen LogP contribution is -2.16. The Morgan fingerprint density at radius 1 is 0.864 bits per heavy atom. The van der Waals surface area contributed by atoms with E-state index in [9.17, 15) is 26.3 Å². The second-order valence-corrected chi connectivity index (χ2v) is 4.09. The Morgan fingerprint density at radius 2 is 1.45 bits per heavy atom. The van der Waals surface area contributed by atoms with Gasteiger partial charge in [-0.25, -0.2) is 4.39 Å². The van der Waals surface area contributed by atoms with Crippen LogP contribution in [0.25, 0.3) is 11.1 Å². The van der Waals surface area contributed by atoms with E-state index in [0.717, 1.165) is 30.3 Å². The van der Waals surface area contributed by atoms with E-state index >= 15 is 0 Å². The summed E-state index contributed by atoms with van der Waals surface area (Å²) in [4.78, 5) is 0. The number of benzene rings is 2. The summed E-state index contributed by atoms with van der Waals surface area (Å²) in [6.45, 7) is -3.07. The summed E-state index contributed by atoms with van der Waals surface area (Å²) in [6, 6.07) is 7.30. The minimum atomic E-state index is -4.84. The summed E-state index contributed by atoms with van der Waals surface area (Å²) >= 11 is 0. The first-order chi connectivity index (χ1) is 10.2. The predicted molar refractivity (Wildman–Crippen MR) is 65.2 cm³/mol. The highest BCUT2D eigenvalue weighted by atomic mass is 19.4. The second kappa shape index (κ2) is 6.17. The fourth-order valence-electron chi connectivity index (χ4n) is 1.74. The number of rotatable bonds is 4. The molecule has 22 heavy (non-hydrogen) atoms. The fraction of sp³-hybridized carbons (Fsp3) is 0.143. The molecule has 0 amide bonds. The van der Waals surface area contributed by atoms with Crippen molar-refractivity contribution in [3.05, 3.63) is 48.3 Å². The second-order valence-electron chi connectivity index (χ2n) is 4.09. The van der Waals surface area contributed by atoms with Crippen molar-refractivity contribution >= 4 is 0 Å². The lowest BCUT2D eigenvalue weighted by Gasteiger charge is -2.11. The number of hydrogen-bond acceptors (Lipinski definition) is 2. The van der Waals surface area contributed by atoms with Crippen LogP contribution in [0, 0.1) is 5.82 Å². The van der Waals surface area contributed by atoms with Gasteiger partial charge in [0, 0.05) is 5.56 Å². The molecule has 0 aliphatic rings. The molecule has 0 aromatic heterocycles. The van der Waals surface area contributed by atoms with Gasteiger partial charge in [-0.15, -0.1) is 13.2 Å². The van der Waals surface area contributed by atoms with Crippen LogP contribution >= 0.6 is 0 Å². The minimum absolute atomic E-state index is 0.0864. The van der Waals surface area contributed by atoms with Crippen LogP contribution in [0.15, 0.2) is 42.5 Å². The lowest BCUT2D eigenvalue weighted by atomic mass is 10.0. The van der Waals surface area contributed by atoms with E-state index < -0.39 is 24.5 Å². The zero-order valence-corrected chi connectivity index (χ0v) is 10.7. The highest BCUT2D eigenvalue weighted by molar-refractivity contribution is 5.66. The lowest BCUT2D eigenvalue weighted by molar-refractivity contribution is -0.274. The maximum absolute atomic E-state index is 13.7. The van der Waals surface area contributed by atoms with Gasteiger partial charge in [-0.2, -0.15) is 8.78 Å². The summed E-state index contributed by atoms with van der Waals surface area (Å²) in [6.07, 6.45) is -4.84. The van der Waals surface area contributed by atoms with Crippen molar-refractivity contribution in [1.82, 2.24) is 0 Å². The van der Waals surface area contributed by atoms with Crippen LogP contribution in [0.5, 0.6) is 11.5 Å². The third kappa shape index (κ3) is 4.31. The van der Waals surface area contributed by atoms with E-state index in [1.165, 1.54) is 12.1 Å². The van der Waals surface area contributed by atoms with Crippen molar-refractivity contribution in [2.45, 2.75) is 13.0 Å². The van der Waals surface area contributed by atoms with Gasteiger partial charge >= 0.3 is 13.0 Å². The van der Waals surface area contributed by atoms with Gasteiger partial charge in [0.2, 0.25) is 0 Å². The number of hydrogen-bond donors (Lipinski definition) is 0. The fourth-order valence-corrected chi connectivity index (χ4v) is 1.74. The molecule has 0 saturated heterocycles. The molecule has 0 saturated carbocycles. The molecule has 2 aromatic rings. The highest BCUT2D eigenvalue weighted by Crippen LogP contribution is 2.30. The summed E-state index contributed by atoms with van der Waals surface area (Å²) < 4.78 is 81.9. The van der Waals surface area contributed by atoms with Crippen molar-refractivity contribution in [2.75, 3.05) is 0 Å². The summed E-state index contributed by atoms with van der Waals surface area (Å²) in [5, 5.41) is 0. The molecule has 0 bridgehead atoms. The molecular weight excluding hydrogens is 314 g/mol. The van der Waals surface area contributed by atoms with Crippen LogP contribution in [-0.4, -0.2) is 13.0 Å². The Kier molecular flexibility index (Phi) is 4.48. The van der Waals surface area contributed by atoms with Gasteiger partial charge in [0.15, 0.2) is 0 Å². The molecular formula is C14H8F6O2. The van der Waals surface area contributed by atoms with Gasteiger partial charge in [-0.05, 0) is 35.9 Å². The topological polar surface area (TPSA) is 18.5 Å². The maximum Gasteiger partial charge on any atom is 0.573 e. The van der Waals surface area contributed by atoms with E-state index in [2.05, 4.69) is 9.47 Å². The number of ether oxygens (including phenoxy) is 2. The molecule has 118 valence electrons. The molecule has 0 atom stereocenters. The first kappa shape index (κ1) is 16.0. The molecule has 0 spiro atoms. The molecule has 2 aromatic carbocycles. The van der Waals surface area contributed by atoms with Gasteiger partial charge in [0.25, 0.3) is 0 Å². The standard InChI is InChI=1S/C14H8F6O2/c15-12-6-5-10(21-13(16)17)7-11(12)8-1-3-9(4-2-8)22-14(18,19)20/h1-7,13H. The Labute approximate surface area is 120 Å². The highest BCUT2D eigenvalue weighted by Gasteiger charge is 2.31.